The van der Waals surface area contributed by atoms with Crippen molar-refractivity contribution in [3.05, 3.63) is 23.8 Å². The molecule has 0 heterocycles. The lowest BCUT2D eigenvalue weighted by atomic mass is 10.2. The van der Waals surface area contributed by atoms with Gasteiger partial charge in [0.25, 0.3) is 0 Å². The largest absolute Gasteiger partial charge is 0.507 e. The molecular weight excluding hydrogens is 168 g/mol. The Balaban J connectivity index is 3.01. The van der Waals surface area contributed by atoms with Gasteiger partial charge in [-0.3, -0.25) is 0 Å². The fourth-order valence-electron chi connectivity index (χ4n) is 0.837. The van der Waals surface area contributed by atoms with E-state index in [1.807, 2.05) is 0 Å². The molecule has 13 heavy (non-hydrogen) atoms. The number of benzene rings is 1. The van der Waals surface area contributed by atoms with Crippen molar-refractivity contribution < 1.29 is 15.0 Å². The molecule has 0 saturated heterocycles. The average molecular weight is 176 g/mol. The molecule has 0 aliphatic rings. The van der Waals surface area contributed by atoms with Crippen molar-refractivity contribution in [3.63, 3.8) is 0 Å². The number of rotatable bonds is 1. The predicted molar refractivity (Wildman–Crippen MR) is 47.3 cm³/mol. The van der Waals surface area contributed by atoms with Gasteiger partial charge < -0.3 is 15.0 Å². The Bertz CT molecular complexity index is 351. The van der Waals surface area contributed by atoms with E-state index in [1.165, 1.54) is 18.2 Å². The molecule has 0 saturated carbocycles. The van der Waals surface area contributed by atoms with Crippen LogP contribution in [-0.4, -0.2) is 16.5 Å². The minimum Gasteiger partial charge on any atom is -0.507 e. The smallest absolute Gasteiger partial charge is 0.134 e. The second-order valence-corrected chi connectivity index (χ2v) is 2.34. The fraction of sp³-hybridized carbons (Fsp3) is 0.100. The van der Waals surface area contributed by atoms with Crippen molar-refractivity contribution in [2.75, 3.05) is 0 Å². The molecule has 66 valence electrons. The van der Waals surface area contributed by atoms with Crippen molar-refractivity contribution in [3.8, 4) is 23.3 Å². The molecule has 3 nitrogen and oxygen atoms in total. The summed E-state index contributed by atoms with van der Waals surface area (Å²) in [6, 6.07) is 4.35. The molecule has 0 atom stereocenters. The van der Waals surface area contributed by atoms with E-state index in [0.29, 0.717) is 6.29 Å². The van der Waals surface area contributed by atoms with Crippen molar-refractivity contribution in [1.82, 2.24) is 0 Å². The first-order chi connectivity index (χ1) is 6.25. The topological polar surface area (TPSA) is 57.5 Å². The molecule has 2 N–H and O–H groups in total. The van der Waals surface area contributed by atoms with Crippen LogP contribution in [0.1, 0.15) is 12.0 Å². The molecule has 0 amide bonds. The zero-order chi connectivity index (χ0) is 9.68. The lowest BCUT2D eigenvalue weighted by molar-refractivity contribution is -0.107. The number of phenolic OH excluding ortho intramolecular Hbond substituents is 2. The van der Waals surface area contributed by atoms with Crippen LogP contribution in [0.3, 0.4) is 0 Å². The monoisotopic (exact) mass is 176 g/mol. The van der Waals surface area contributed by atoms with Crippen LogP contribution in [-0.2, 0) is 4.79 Å². The number of carbonyl (C=O) groups excluding carboxylic acids is 1. The van der Waals surface area contributed by atoms with E-state index in [1.54, 1.807) is 0 Å². The summed E-state index contributed by atoms with van der Waals surface area (Å²) in [7, 11) is 0. The summed E-state index contributed by atoms with van der Waals surface area (Å²) in [6.07, 6.45) is 0.748. The third kappa shape index (κ3) is 2.24. The molecule has 0 fully saturated rings. The molecule has 0 aromatic heterocycles. The summed E-state index contributed by atoms with van der Waals surface area (Å²) in [4.78, 5) is 9.94. The molecule has 1 aromatic rings. The van der Waals surface area contributed by atoms with Gasteiger partial charge in [-0.05, 0) is 12.1 Å². The Morgan fingerprint density at radius 1 is 1.31 bits per heavy atom. The van der Waals surface area contributed by atoms with Crippen molar-refractivity contribution in [1.29, 1.82) is 0 Å². The van der Waals surface area contributed by atoms with Crippen LogP contribution in [0.15, 0.2) is 18.2 Å². The second-order valence-electron chi connectivity index (χ2n) is 2.34. The maximum atomic E-state index is 9.94. The van der Waals surface area contributed by atoms with Crippen LogP contribution < -0.4 is 0 Å². The van der Waals surface area contributed by atoms with Gasteiger partial charge in [-0.15, -0.1) is 0 Å². The molecule has 0 aliphatic carbocycles. The van der Waals surface area contributed by atoms with Gasteiger partial charge >= 0.3 is 0 Å². The molecule has 3 heteroatoms. The Morgan fingerprint density at radius 2 is 1.92 bits per heavy atom. The highest BCUT2D eigenvalue weighted by Crippen LogP contribution is 2.24. The Hall–Kier alpha value is -1.95. The molecule has 1 aromatic carbocycles. The van der Waals surface area contributed by atoms with Crippen LogP contribution in [0, 0.1) is 11.8 Å². The summed E-state index contributed by atoms with van der Waals surface area (Å²) >= 11 is 0. The van der Waals surface area contributed by atoms with Crippen molar-refractivity contribution in [2.45, 2.75) is 6.42 Å². The Morgan fingerprint density at radius 3 is 2.46 bits per heavy atom. The van der Waals surface area contributed by atoms with Gasteiger partial charge in [-0.25, -0.2) is 0 Å². The predicted octanol–water partition coefficient (Wildman–Crippen LogP) is 1.04. The van der Waals surface area contributed by atoms with Gasteiger partial charge in [0.2, 0.25) is 0 Å². The van der Waals surface area contributed by atoms with Crippen molar-refractivity contribution >= 4 is 6.29 Å². The summed E-state index contributed by atoms with van der Waals surface area (Å²) in [6.45, 7) is 0. The van der Waals surface area contributed by atoms with Gasteiger partial charge in [0, 0.05) is 0 Å². The summed E-state index contributed by atoms with van der Waals surface area (Å²) in [5, 5.41) is 18.5. The number of aromatic hydroxyl groups is 2. The van der Waals surface area contributed by atoms with Crippen LogP contribution in [0.25, 0.3) is 0 Å². The van der Waals surface area contributed by atoms with E-state index in [0.717, 1.165) is 0 Å². The molecule has 0 spiro atoms. The first-order valence-corrected chi connectivity index (χ1v) is 3.69. The van der Waals surface area contributed by atoms with E-state index in [9.17, 15) is 15.0 Å². The van der Waals surface area contributed by atoms with E-state index < -0.39 is 0 Å². The zero-order valence-electron chi connectivity index (χ0n) is 6.82. The molecule has 0 bridgehead atoms. The van der Waals surface area contributed by atoms with E-state index in [2.05, 4.69) is 11.8 Å². The van der Waals surface area contributed by atoms with Crippen molar-refractivity contribution in [2.24, 2.45) is 0 Å². The van der Waals surface area contributed by atoms with E-state index in [4.69, 9.17) is 0 Å². The maximum absolute atomic E-state index is 9.94. The molecule has 1 rings (SSSR count). The highest BCUT2D eigenvalue weighted by atomic mass is 16.3. The minimum atomic E-state index is -0.0848. The molecule has 0 radical (unpaired) electrons. The van der Waals surface area contributed by atoms with Gasteiger partial charge in [-0.2, -0.15) is 0 Å². The second kappa shape index (κ2) is 4.17. The summed E-state index contributed by atoms with van der Waals surface area (Å²) < 4.78 is 0. The standard InChI is InChI=1S/C10H8O3/c11-7-2-1-4-8-9(12)5-3-6-10(8)13/h3,5-7,12-13H,2H2. The number of hydrogen-bond acceptors (Lipinski definition) is 3. The zero-order valence-corrected chi connectivity index (χ0v) is 6.82. The number of phenols is 2. The number of hydrogen-bond donors (Lipinski definition) is 2. The third-order valence-corrected chi connectivity index (χ3v) is 1.42. The SMILES string of the molecule is O=CCC#Cc1c(O)cccc1O. The molecule has 0 aliphatic heterocycles. The molecular formula is C10H8O3. The Kier molecular flexibility index (Phi) is 2.93. The van der Waals surface area contributed by atoms with Gasteiger partial charge in [0.15, 0.2) is 0 Å². The molecule has 0 unspecified atom stereocenters. The highest BCUT2D eigenvalue weighted by molar-refractivity contribution is 5.58. The Labute approximate surface area is 75.6 Å². The number of aldehydes is 1. The van der Waals surface area contributed by atoms with Gasteiger partial charge in [0.05, 0.1) is 6.42 Å². The summed E-state index contributed by atoms with van der Waals surface area (Å²) in [5.74, 6) is 4.83. The lowest BCUT2D eigenvalue weighted by Gasteiger charge is -1.98. The van der Waals surface area contributed by atoms with Crippen LogP contribution in [0.4, 0.5) is 0 Å². The normalized spacial score (nSPS) is 8.62. The fourth-order valence-corrected chi connectivity index (χ4v) is 0.837. The van der Waals surface area contributed by atoms with E-state index >= 15 is 0 Å². The van der Waals surface area contributed by atoms with Crippen LogP contribution >= 0.6 is 0 Å². The highest BCUT2D eigenvalue weighted by Gasteiger charge is 2.01. The maximum Gasteiger partial charge on any atom is 0.134 e. The minimum absolute atomic E-state index is 0.0848. The quantitative estimate of drug-likeness (QED) is 0.496. The van der Waals surface area contributed by atoms with Crippen LogP contribution in [0.5, 0.6) is 11.5 Å². The first-order valence-electron chi connectivity index (χ1n) is 3.69. The number of carbonyl (C=O) groups is 1. The van der Waals surface area contributed by atoms with Gasteiger partial charge in [-0.1, -0.05) is 17.9 Å². The van der Waals surface area contributed by atoms with Gasteiger partial charge in [0.1, 0.15) is 23.3 Å². The lowest BCUT2D eigenvalue weighted by Crippen LogP contribution is -1.78. The first kappa shape index (κ1) is 9.14. The van der Waals surface area contributed by atoms with Crippen LogP contribution in [0.2, 0.25) is 0 Å². The summed E-state index contributed by atoms with van der Waals surface area (Å²) in [5.41, 5.74) is 0.157. The average Bonchev–Trinajstić information content (AvgIpc) is 2.10. The third-order valence-electron chi connectivity index (χ3n) is 1.42. The van der Waals surface area contributed by atoms with E-state index in [-0.39, 0.29) is 23.5 Å².